The van der Waals surface area contributed by atoms with Gasteiger partial charge in [0.1, 0.15) is 13.2 Å². The lowest BCUT2D eigenvalue weighted by Crippen LogP contribution is -2.47. The molecule has 0 spiro atoms. The van der Waals surface area contributed by atoms with Crippen molar-refractivity contribution in [3.8, 4) is 11.5 Å². The Kier molecular flexibility index (Phi) is 7.28. The third-order valence-electron chi connectivity index (χ3n) is 6.18. The minimum Gasteiger partial charge on any atom is -0.486 e. The number of ether oxygens (including phenoxy) is 3. The molecule has 0 unspecified atom stereocenters. The molecule has 2 N–H and O–H groups in total. The van der Waals surface area contributed by atoms with E-state index >= 15 is 0 Å². The Balaban J connectivity index is 1.64. The van der Waals surface area contributed by atoms with Crippen LogP contribution < -0.4 is 20.1 Å². The molecule has 29 heavy (non-hydrogen) atoms. The Morgan fingerprint density at radius 3 is 2.59 bits per heavy atom. The standard InChI is InChI=1S/C23H37N3O3/c1-5-24-21(26-17-23(9-6-10-23)11-12-27-4)25-16-22(2,3)18-7-8-19-20(15-18)29-14-13-28-19/h7-8,15H,5-6,9-14,16-17H2,1-4H3,(H2,24,25,26). The molecule has 2 aliphatic rings. The zero-order chi connectivity index (χ0) is 20.7. The number of hydrogen-bond donors (Lipinski definition) is 2. The van der Waals surface area contributed by atoms with Crippen LogP contribution in [-0.4, -0.2) is 52.5 Å². The number of aliphatic imine (C=N–C) groups is 1. The van der Waals surface area contributed by atoms with Gasteiger partial charge in [0.2, 0.25) is 0 Å². The van der Waals surface area contributed by atoms with Crippen molar-refractivity contribution in [2.24, 2.45) is 10.4 Å². The normalized spacial score (nSPS) is 18.1. The molecule has 0 aromatic heterocycles. The molecule has 162 valence electrons. The first kappa shape index (κ1) is 21.8. The van der Waals surface area contributed by atoms with Crippen molar-refractivity contribution in [1.82, 2.24) is 10.6 Å². The van der Waals surface area contributed by atoms with Gasteiger partial charge in [-0.3, -0.25) is 4.99 Å². The van der Waals surface area contributed by atoms with E-state index in [2.05, 4.69) is 43.5 Å². The van der Waals surface area contributed by atoms with Gasteiger partial charge in [-0.25, -0.2) is 0 Å². The van der Waals surface area contributed by atoms with Gasteiger partial charge in [-0.2, -0.15) is 0 Å². The summed E-state index contributed by atoms with van der Waals surface area (Å²) in [6.07, 6.45) is 4.96. The molecular formula is C23H37N3O3. The lowest BCUT2D eigenvalue weighted by molar-refractivity contribution is 0.0732. The van der Waals surface area contributed by atoms with Crippen LogP contribution in [0, 0.1) is 5.41 Å². The highest BCUT2D eigenvalue weighted by atomic mass is 16.6. The van der Waals surface area contributed by atoms with E-state index in [1.54, 1.807) is 7.11 Å². The van der Waals surface area contributed by atoms with Gasteiger partial charge in [0, 0.05) is 32.2 Å². The summed E-state index contributed by atoms with van der Waals surface area (Å²) >= 11 is 0. The van der Waals surface area contributed by atoms with Crippen molar-refractivity contribution in [3.05, 3.63) is 23.8 Å². The minimum absolute atomic E-state index is 0.109. The van der Waals surface area contributed by atoms with E-state index in [4.69, 9.17) is 19.2 Å². The van der Waals surface area contributed by atoms with Crippen LogP contribution in [0.3, 0.4) is 0 Å². The van der Waals surface area contributed by atoms with E-state index in [0.717, 1.165) is 43.6 Å². The first-order chi connectivity index (χ1) is 14.0. The number of nitrogens with zero attached hydrogens (tertiary/aromatic N) is 1. The second-order valence-corrected chi connectivity index (χ2v) is 8.89. The SMILES string of the molecule is CCNC(=NCC(C)(C)c1ccc2c(c1)OCCO2)NCC1(CCOC)CCC1. The van der Waals surface area contributed by atoms with Crippen LogP contribution in [0.4, 0.5) is 0 Å². The van der Waals surface area contributed by atoms with Gasteiger partial charge in [0.05, 0.1) is 6.54 Å². The molecule has 0 atom stereocenters. The van der Waals surface area contributed by atoms with Crippen LogP contribution in [-0.2, 0) is 10.2 Å². The van der Waals surface area contributed by atoms with Crippen LogP contribution in [0.25, 0.3) is 0 Å². The van der Waals surface area contributed by atoms with Crippen molar-refractivity contribution < 1.29 is 14.2 Å². The fourth-order valence-electron chi connectivity index (χ4n) is 3.96. The molecule has 1 aromatic rings. The molecular weight excluding hydrogens is 366 g/mol. The van der Waals surface area contributed by atoms with Gasteiger partial charge in [0.25, 0.3) is 0 Å². The summed E-state index contributed by atoms with van der Waals surface area (Å²) < 4.78 is 16.7. The molecule has 6 nitrogen and oxygen atoms in total. The zero-order valence-corrected chi connectivity index (χ0v) is 18.5. The molecule has 0 bridgehead atoms. The van der Waals surface area contributed by atoms with Gasteiger partial charge >= 0.3 is 0 Å². The third-order valence-corrected chi connectivity index (χ3v) is 6.18. The summed E-state index contributed by atoms with van der Waals surface area (Å²) in [5.74, 6) is 2.55. The largest absolute Gasteiger partial charge is 0.486 e. The highest BCUT2D eigenvalue weighted by molar-refractivity contribution is 5.79. The van der Waals surface area contributed by atoms with Crippen molar-refractivity contribution in [2.45, 2.75) is 51.9 Å². The number of fused-ring (bicyclic) bond motifs is 1. The van der Waals surface area contributed by atoms with Gasteiger partial charge in [-0.1, -0.05) is 26.3 Å². The van der Waals surface area contributed by atoms with E-state index in [0.29, 0.717) is 25.2 Å². The van der Waals surface area contributed by atoms with Gasteiger partial charge in [0.15, 0.2) is 17.5 Å². The molecule has 1 aliphatic carbocycles. The second-order valence-electron chi connectivity index (χ2n) is 8.89. The lowest BCUT2D eigenvalue weighted by Gasteiger charge is -2.42. The Morgan fingerprint density at radius 2 is 1.93 bits per heavy atom. The predicted octanol–water partition coefficient (Wildman–Crippen LogP) is 3.50. The number of methoxy groups -OCH3 is 1. The Bertz CT molecular complexity index is 699. The van der Waals surface area contributed by atoms with Gasteiger partial charge in [-0.15, -0.1) is 0 Å². The number of rotatable bonds is 9. The van der Waals surface area contributed by atoms with E-state index in [9.17, 15) is 0 Å². The first-order valence-electron chi connectivity index (χ1n) is 10.9. The Morgan fingerprint density at radius 1 is 1.17 bits per heavy atom. The van der Waals surface area contributed by atoms with Crippen LogP contribution in [0.5, 0.6) is 11.5 Å². The smallest absolute Gasteiger partial charge is 0.191 e. The molecule has 1 fully saturated rings. The van der Waals surface area contributed by atoms with E-state index in [1.807, 2.05) is 6.07 Å². The van der Waals surface area contributed by atoms with E-state index in [-0.39, 0.29) is 5.41 Å². The zero-order valence-electron chi connectivity index (χ0n) is 18.5. The van der Waals surface area contributed by atoms with Crippen LogP contribution >= 0.6 is 0 Å². The molecule has 0 radical (unpaired) electrons. The highest BCUT2D eigenvalue weighted by Gasteiger charge is 2.36. The number of hydrogen-bond acceptors (Lipinski definition) is 4. The van der Waals surface area contributed by atoms with E-state index in [1.165, 1.54) is 24.8 Å². The molecule has 1 aromatic carbocycles. The Labute approximate surface area is 175 Å². The quantitative estimate of drug-likeness (QED) is 0.488. The third kappa shape index (κ3) is 5.56. The summed E-state index contributed by atoms with van der Waals surface area (Å²) in [6, 6.07) is 6.23. The fourth-order valence-corrected chi connectivity index (χ4v) is 3.96. The minimum atomic E-state index is -0.109. The monoisotopic (exact) mass is 403 g/mol. The molecule has 0 saturated heterocycles. The van der Waals surface area contributed by atoms with Gasteiger partial charge < -0.3 is 24.8 Å². The Hall–Kier alpha value is -1.95. The summed E-state index contributed by atoms with van der Waals surface area (Å²) in [5, 5.41) is 6.98. The average Bonchev–Trinajstić information content (AvgIpc) is 2.70. The van der Waals surface area contributed by atoms with Crippen molar-refractivity contribution in [1.29, 1.82) is 0 Å². The molecule has 1 saturated carbocycles. The van der Waals surface area contributed by atoms with E-state index < -0.39 is 0 Å². The van der Waals surface area contributed by atoms with Crippen LogP contribution in [0.1, 0.15) is 52.0 Å². The summed E-state index contributed by atoms with van der Waals surface area (Å²) in [4.78, 5) is 4.91. The maximum absolute atomic E-state index is 5.75. The topological polar surface area (TPSA) is 64.1 Å². The van der Waals surface area contributed by atoms with Crippen molar-refractivity contribution in [3.63, 3.8) is 0 Å². The van der Waals surface area contributed by atoms with Gasteiger partial charge in [-0.05, 0) is 49.3 Å². The van der Waals surface area contributed by atoms with Crippen molar-refractivity contribution in [2.75, 3.05) is 46.6 Å². The predicted molar refractivity (Wildman–Crippen MR) is 117 cm³/mol. The summed E-state index contributed by atoms with van der Waals surface area (Å²) in [6.45, 7) is 11.1. The molecule has 6 heteroatoms. The van der Waals surface area contributed by atoms with Crippen LogP contribution in [0.15, 0.2) is 23.2 Å². The lowest BCUT2D eigenvalue weighted by atomic mass is 9.67. The first-order valence-corrected chi connectivity index (χ1v) is 10.9. The fraction of sp³-hybridized carbons (Fsp3) is 0.696. The van der Waals surface area contributed by atoms with Crippen LogP contribution in [0.2, 0.25) is 0 Å². The highest BCUT2D eigenvalue weighted by Crippen LogP contribution is 2.43. The summed E-state index contributed by atoms with van der Waals surface area (Å²) in [7, 11) is 1.78. The average molecular weight is 404 g/mol. The maximum atomic E-state index is 5.75. The second kappa shape index (κ2) is 9.70. The number of nitrogens with one attached hydrogen (secondary N) is 2. The summed E-state index contributed by atoms with van der Waals surface area (Å²) in [5.41, 5.74) is 1.46. The number of guanidine groups is 1. The number of benzene rings is 1. The molecule has 1 heterocycles. The molecule has 0 amide bonds. The molecule has 3 rings (SSSR count). The maximum Gasteiger partial charge on any atom is 0.191 e. The van der Waals surface area contributed by atoms with Crippen molar-refractivity contribution >= 4 is 5.96 Å². The molecule has 1 aliphatic heterocycles.